The minimum Gasteiger partial charge on any atom is -0.348 e. The van der Waals surface area contributed by atoms with Gasteiger partial charge in [0.15, 0.2) is 0 Å². The molecule has 0 saturated carbocycles. The Bertz CT molecular complexity index is 607. The third kappa shape index (κ3) is 3.35. The van der Waals surface area contributed by atoms with Gasteiger partial charge in [-0.1, -0.05) is 38.0 Å². The van der Waals surface area contributed by atoms with Crippen LogP contribution < -0.4 is 5.32 Å². The fraction of sp³-hybridized carbons (Fsp3) is 0.412. The number of carbonyl (C=O) groups excluding carboxylic acids is 1. The molecule has 0 fully saturated rings. The molecule has 1 atom stereocenters. The molecule has 0 saturated heterocycles. The average Bonchev–Trinajstić information content (AvgIpc) is 2.43. The lowest BCUT2D eigenvalue weighted by Crippen LogP contribution is -2.26. The van der Waals surface area contributed by atoms with Gasteiger partial charge < -0.3 is 5.32 Å². The van der Waals surface area contributed by atoms with Crippen LogP contribution in [0.25, 0.3) is 10.9 Å². The van der Waals surface area contributed by atoms with Gasteiger partial charge in [0.05, 0.1) is 17.3 Å². The van der Waals surface area contributed by atoms with Gasteiger partial charge in [-0.15, -0.1) is 0 Å². The number of para-hydroxylation sites is 1. The Balaban J connectivity index is 2.39. The fourth-order valence-corrected chi connectivity index (χ4v) is 2.50. The summed E-state index contributed by atoms with van der Waals surface area (Å²) in [4.78, 5) is 16.1. The first-order valence-electron chi connectivity index (χ1n) is 7.25. The van der Waals surface area contributed by atoms with Crippen LogP contribution in [0.4, 0.5) is 0 Å². The molecule has 0 aliphatic rings. The number of nitrogens with zero attached hydrogens (tertiary/aromatic N) is 1. The number of aryl methyl sites for hydroxylation is 1. The maximum Gasteiger partial charge on any atom is 0.217 e. The number of benzene rings is 1. The first-order chi connectivity index (χ1) is 9.61. The number of rotatable bonds is 5. The zero-order valence-corrected chi connectivity index (χ0v) is 12.4. The molecule has 0 unspecified atom stereocenters. The number of hydrogen-bond acceptors (Lipinski definition) is 2. The van der Waals surface area contributed by atoms with Gasteiger partial charge in [-0.05, 0) is 31.0 Å². The summed E-state index contributed by atoms with van der Waals surface area (Å²) in [6, 6.07) is 10.2. The van der Waals surface area contributed by atoms with Crippen LogP contribution in [0.15, 0.2) is 30.3 Å². The van der Waals surface area contributed by atoms with E-state index in [1.165, 1.54) is 10.9 Å². The Kier molecular flexibility index (Phi) is 4.72. The van der Waals surface area contributed by atoms with Crippen molar-refractivity contribution in [2.45, 2.75) is 46.1 Å². The zero-order chi connectivity index (χ0) is 14.5. The summed E-state index contributed by atoms with van der Waals surface area (Å²) < 4.78 is 0. The van der Waals surface area contributed by atoms with E-state index in [2.05, 4.69) is 31.3 Å². The Hall–Kier alpha value is -1.90. The van der Waals surface area contributed by atoms with Crippen molar-refractivity contribution in [1.29, 1.82) is 0 Å². The van der Waals surface area contributed by atoms with Crippen molar-refractivity contribution in [2.75, 3.05) is 0 Å². The van der Waals surface area contributed by atoms with Crippen molar-refractivity contribution < 1.29 is 4.79 Å². The van der Waals surface area contributed by atoms with Gasteiger partial charge in [-0.2, -0.15) is 0 Å². The summed E-state index contributed by atoms with van der Waals surface area (Å²) in [6.07, 6.45) is 3.13. The highest BCUT2D eigenvalue weighted by atomic mass is 16.1. The summed E-state index contributed by atoms with van der Waals surface area (Å²) in [5.41, 5.74) is 3.16. The molecule has 3 nitrogen and oxygen atoms in total. The van der Waals surface area contributed by atoms with E-state index in [9.17, 15) is 4.79 Å². The van der Waals surface area contributed by atoms with E-state index in [0.29, 0.717) is 0 Å². The zero-order valence-electron chi connectivity index (χ0n) is 12.4. The number of unbranched alkanes of at least 4 members (excludes halogenated alkanes) is 1. The van der Waals surface area contributed by atoms with Crippen LogP contribution in [0.5, 0.6) is 0 Å². The normalized spacial score (nSPS) is 12.3. The fourth-order valence-electron chi connectivity index (χ4n) is 2.50. The molecule has 0 aliphatic heterocycles. The lowest BCUT2D eigenvalue weighted by Gasteiger charge is -2.18. The molecule has 20 heavy (non-hydrogen) atoms. The molecule has 2 rings (SSSR count). The van der Waals surface area contributed by atoms with Gasteiger partial charge >= 0.3 is 0 Å². The first kappa shape index (κ1) is 14.5. The number of aromatic nitrogens is 1. The van der Waals surface area contributed by atoms with Gasteiger partial charge in [0.25, 0.3) is 0 Å². The molecule has 2 aromatic rings. The number of pyridine rings is 1. The third-order valence-electron chi connectivity index (χ3n) is 3.52. The van der Waals surface area contributed by atoms with Gasteiger partial charge in [0.2, 0.25) is 5.91 Å². The van der Waals surface area contributed by atoms with Gasteiger partial charge in [0.1, 0.15) is 0 Å². The molecule has 1 aromatic heterocycles. The maximum atomic E-state index is 11.4. The van der Waals surface area contributed by atoms with E-state index in [1.54, 1.807) is 6.92 Å². The molecule has 0 aliphatic carbocycles. The maximum absolute atomic E-state index is 11.4. The predicted octanol–water partition coefficient (Wildman–Crippen LogP) is 3.91. The van der Waals surface area contributed by atoms with E-state index < -0.39 is 0 Å². The summed E-state index contributed by atoms with van der Waals surface area (Å²) >= 11 is 0. The lowest BCUT2D eigenvalue weighted by atomic mass is 10.0. The molecular formula is C17H22N2O. The Morgan fingerprint density at radius 1 is 1.35 bits per heavy atom. The van der Waals surface area contributed by atoms with Crippen molar-refractivity contribution in [3.8, 4) is 0 Å². The second-order valence-electron chi connectivity index (χ2n) is 5.28. The molecular weight excluding hydrogens is 248 g/mol. The van der Waals surface area contributed by atoms with Crippen LogP contribution in [-0.2, 0) is 4.79 Å². The summed E-state index contributed by atoms with van der Waals surface area (Å²) in [5.74, 6) is -0.00119. The molecule has 0 spiro atoms. The number of fused-ring (bicyclic) bond motifs is 1. The van der Waals surface area contributed by atoms with Crippen molar-refractivity contribution in [3.63, 3.8) is 0 Å². The van der Waals surface area contributed by atoms with Crippen LogP contribution in [0.3, 0.4) is 0 Å². The second-order valence-corrected chi connectivity index (χ2v) is 5.28. The van der Waals surface area contributed by atoms with E-state index >= 15 is 0 Å². The van der Waals surface area contributed by atoms with E-state index in [1.807, 2.05) is 18.2 Å². The van der Waals surface area contributed by atoms with Crippen LogP contribution in [-0.4, -0.2) is 10.9 Å². The summed E-state index contributed by atoms with van der Waals surface area (Å²) in [5, 5.41) is 4.20. The smallest absolute Gasteiger partial charge is 0.217 e. The third-order valence-corrected chi connectivity index (χ3v) is 3.52. The first-order valence-corrected chi connectivity index (χ1v) is 7.25. The number of hydrogen-bond donors (Lipinski definition) is 1. The monoisotopic (exact) mass is 270 g/mol. The highest BCUT2D eigenvalue weighted by Gasteiger charge is 2.15. The Morgan fingerprint density at radius 3 is 2.80 bits per heavy atom. The number of amides is 1. The average molecular weight is 270 g/mol. The van der Waals surface area contributed by atoms with Crippen molar-refractivity contribution in [3.05, 3.63) is 41.6 Å². The number of nitrogens with one attached hydrogen (secondary N) is 1. The van der Waals surface area contributed by atoms with Crippen LogP contribution >= 0.6 is 0 Å². The second kappa shape index (κ2) is 6.51. The van der Waals surface area contributed by atoms with Crippen LogP contribution in [0.2, 0.25) is 0 Å². The molecule has 106 valence electrons. The summed E-state index contributed by atoms with van der Waals surface area (Å²) in [7, 11) is 0. The van der Waals surface area contributed by atoms with Gasteiger partial charge in [0, 0.05) is 12.3 Å². The van der Waals surface area contributed by atoms with Gasteiger partial charge in [-0.25, -0.2) is 0 Å². The molecule has 1 N–H and O–H groups in total. The van der Waals surface area contributed by atoms with E-state index in [0.717, 1.165) is 30.5 Å². The van der Waals surface area contributed by atoms with Crippen LogP contribution in [0.1, 0.15) is 50.4 Å². The Morgan fingerprint density at radius 2 is 2.10 bits per heavy atom. The van der Waals surface area contributed by atoms with E-state index in [-0.39, 0.29) is 11.9 Å². The topological polar surface area (TPSA) is 42.0 Å². The molecule has 1 amide bonds. The molecule has 3 heteroatoms. The minimum absolute atomic E-state index is 0.00119. The van der Waals surface area contributed by atoms with Crippen molar-refractivity contribution >= 4 is 16.8 Å². The standard InChI is InChI=1S/C17H22N2O/c1-4-5-9-16(18-13(3)20)17-11-12(2)14-8-6-7-10-15(14)19-17/h6-8,10-11,16H,4-5,9H2,1-3H3,(H,18,20)/t16-/m0/s1. The van der Waals surface area contributed by atoms with E-state index in [4.69, 9.17) is 4.98 Å². The molecule has 0 bridgehead atoms. The quantitative estimate of drug-likeness (QED) is 0.895. The predicted molar refractivity (Wildman–Crippen MR) is 82.6 cm³/mol. The largest absolute Gasteiger partial charge is 0.348 e. The molecule has 1 aromatic carbocycles. The highest BCUT2D eigenvalue weighted by Crippen LogP contribution is 2.23. The summed E-state index contributed by atoms with van der Waals surface area (Å²) in [6.45, 7) is 5.81. The molecule has 0 radical (unpaired) electrons. The number of carbonyl (C=O) groups is 1. The lowest BCUT2D eigenvalue weighted by molar-refractivity contribution is -0.119. The SMILES string of the molecule is CCCC[C@H](NC(C)=O)c1cc(C)c2ccccc2n1. The molecule has 1 heterocycles. The van der Waals surface area contributed by atoms with Gasteiger partial charge in [-0.3, -0.25) is 9.78 Å². The van der Waals surface area contributed by atoms with Crippen LogP contribution in [0, 0.1) is 6.92 Å². The Labute approximate surface area is 120 Å². The minimum atomic E-state index is -0.00119. The van der Waals surface area contributed by atoms with Crippen molar-refractivity contribution in [1.82, 2.24) is 10.3 Å². The van der Waals surface area contributed by atoms with Crippen molar-refractivity contribution in [2.24, 2.45) is 0 Å². The highest BCUT2D eigenvalue weighted by molar-refractivity contribution is 5.82.